The van der Waals surface area contributed by atoms with Gasteiger partial charge in [0.15, 0.2) is 0 Å². The van der Waals surface area contributed by atoms with Crippen LogP contribution < -0.4 is 0 Å². The molecule has 4 unspecified atom stereocenters. The molecule has 12 heavy (non-hydrogen) atoms. The van der Waals surface area contributed by atoms with Crippen LogP contribution in [-0.2, 0) is 9.53 Å². The van der Waals surface area contributed by atoms with E-state index in [2.05, 4.69) is 0 Å². The van der Waals surface area contributed by atoms with Crippen LogP contribution in [0.15, 0.2) is 0 Å². The molecule has 1 aliphatic heterocycles. The molecule has 0 aromatic heterocycles. The summed E-state index contributed by atoms with van der Waals surface area (Å²) in [5.74, 6) is 0.0707. The lowest BCUT2D eigenvalue weighted by molar-refractivity contribution is -0.168. The number of aliphatic hydroxyl groups is 1. The van der Waals surface area contributed by atoms with E-state index in [0.717, 1.165) is 12.8 Å². The first-order valence-electron chi connectivity index (χ1n) is 4.54. The number of aliphatic hydroxyl groups excluding tert-OH is 1. The van der Waals surface area contributed by atoms with Crippen LogP contribution in [0.25, 0.3) is 0 Å². The van der Waals surface area contributed by atoms with E-state index >= 15 is 0 Å². The quantitative estimate of drug-likeness (QED) is 0.576. The molecule has 3 heteroatoms. The molecule has 2 rings (SSSR count). The highest BCUT2D eigenvalue weighted by molar-refractivity contribution is 5.82. The van der Waals surface area contributed by atoms with E-state index in [0.29, 0.717) is 6.42 Å². The molecule has 0 spiro atoms. The van der Waals surface area contributed by atoms with Gasteiger partial charge in [0.05, 0.1) is 18.3 Å². The molecule has 1 aliphatic carbocycles. The second kappa shape index (κ2) is 2.82. The van der Waals surface area contributed by atoms with Gasteiger partial charge < -0.3 is 9.84 Å². The number of hydrogen-bond acceptors (Lipinski definition) is 3. The minimum Gasteiger partial charge on any atom is -0.390 e. The molecule has 1 N–H and O–H groups in total. The third-order valence-electron chi connectivity index (χ3n) is 2.94. The zero-order valence-corrected chi connectivity index (χ0v) is 7.19. The largest absolute Gasteiger partial charge is 0.390 e. The Bertz CT molecular complexity index is 202. The van der Waals surface area contributed by atoms with Crippen molar-refractivity contribution in [3.63, 3.8) is 0 Å². The minimum absolute atomic E-state index is 0.146. The summed E-state index contributed by atoms with van der Waals surface area (Å²) >= 11 is 0. The summed E-state index contributed by atoms with van der Waals surface area (Å²) in [5, 5.41) is 9.61. The van der Waals surface area contributed by atoms with Crippen molar-refractivity contribution >= 4 is 5.78 Å². The van der Waals surface area contributed by atoms with Gasteiger partial charge in [0.25, 0.3) is 0 Å². The van der Waals surface area contributed by atoms with Gasteiger partial charge in [0, 0.05) is 12.3 Å². The molecule has 3 nitrogen and oxygen atoms in total. The fourth-order valence-corrected chi connectivity index (χ4v) is 2.19. The number of fused-ring (bicyclic) bond motifs is 2. The molecular weight excluding hydrogens is 156 g/mol. The van der Waals surface area contributed by atoms with E-state index in [1.807, 2.05) is 6.92 Å². The van der Waals surface area contributed by atoms with Crippen molar-refractivity contribution in [1.29, 1.82) is 0 Å². The lowest BCUT2D eigenvalue weighted by Gasteiger charge is -2.40. The first kappa shape index (κ1) is 8.20. The SMILES string of the molecule is CC1OC2CCC(=O)C(C2)C1O. The number of carbonyl (C=O) groups excluding carboxylic acids is 1. The summed E-state index contributed by atoms with van der Waals surface area (Å²) in [4.78, 5) is 11.3. The van der Waals surface area contributed by atoms with Gasteiger partial charge in [-0.3, -0.25) is 4.79 Å². The average molecular weight is 170 g/mol. The van der Waals surface area contributed by atoms with Crippen molar-refractivity contribution in [3.8, 4) is 0 Å². The number of rotatable bonds is 0. The first-order valence-corrected chi connectivity index (χ1v) is 4.54. The van der Waals surface area contributed by atoms with Crippen LogP contribution >= 0.6 is 0 Å². The minimum atomic E-state index is -0.575. The molecule has 1 heterocycles. The summed E-state index contributed by atoms with van der Waals surface area (Å²) in [6.45, 7) is 1.84. The third kappa shape index (κ3) is 1.17. The van der Waals surface area contributed by atoms with Gasteiger partial charge in [-0.25, -0.2) is 0 Å². The Morgan fingerprint density at radius 1 is 1.58 bits per heavy atom. The van der Waals surface area contributed by atoms with Crippen molar-refractivity contribution in [1.82, 2.24) is 0 Å². The highest BCUT2D eigenvalue weighted by atomic mass is 16.5. The number of ketones is 1. The van der Waals surface area contributed by atoms with Gasteiger partial charge >= 0.3 is 0 Å². The van der Waals surface area contributed by atoms with Crippen LogP contribution in [0.3, 0.4) is 0 Å². The van der Waals surface area contributed by atoms with E-state index in [1.54, 1.807) is 0 Å². The predicted octanol–water partition coefficient (Wildman–Crippen LogP) is 0.504. The highest BCUT2D eigenvalue weighted by Gasteiger charge is 2.42. The van der Waals surface area contributed by atoms with Crippen LogP contribution in [0, 0.1) is 5.92 Å². The molecule has 2 bridgehead atoms. The monoisotopic (exact) mass is 170 g/mol. The van der Waals surface area contributed by atoms with Gasteiger partial charge in [-0.1, -0.05) is 0 Å². The Morgan fingerprint density at radius 3 is 3.08 bits per heavy atom. The molecule has 1 saturated heterocycles. The van der Waals surface area contributed by atoms with Gasteiger partial charge in [-0.15, -0.1) is 0 Å². The standard InChI is InChI=1S/C9H14O3/c1-5-9(11)7-4-6(12-5)2-3-8(7)10/h5-7,9,11H,2-4H2,1H3. The molecule has 0 radical (unpaired) electrons. The molecule has 4 atom stereocenters. The molecule has 0 amide bonds. The van der Waals surface area contributed by atoms with Crippen LogP contribution in [0.2, 0.25) is 0 Å². The summed E-state index contributed by atoms with van der Waals surface area (Å²) in [7, 11) is 0. The fourth-order valence-electron chi connectivity index (χ4n) is 2.19. The van der Waals surface area contributed by atoms with E-state index in [-0.39, 0.29) is 23.9 Å². The van der Waals surface area contributed by atoms with Crippen molar-refractivity contribution in [2.24, 2.45) is 5.92 Å². The van der Waals surface area contributed by atoms with E-state index < -0.39 is 6.10 Å². The van der Waals surface area contributed by atoms with Crippen molar-refractivity contribution < 1.29 is 14.6 Å². The average Bonchev–Trinajstić information content (AvgIpc) is 2.06. The van der Waals surface area contributed by atoms with Crippen molar-refractivity contribution in [2.45, 2.75) is 44.5 Å². The summed E-state index contributed by atoms with van der Waals surface area (Å²) in [6.07, 6.45) is 1.62. The normalized spacial score (nSPS) is 47.7. The van der Waals surface area contributed by atoms with Gasteiger partial charge in [-0.05, 0) is 19.8 Å². The maximum Gasteiger partial charge on any atom is 0.138 e. The van der Waals surface area contributed by atoms with E-state index in [1.165, 1.54) is 0 Å². The molecule has 2 aliphatic rings. The highest BCUT2D eigenvalue weighted by Crippen LogP contribution is 2.33. The van der Waals surface area contributed by atoms with Gasteiger partial charge in [-0.2, -0.15) is 0 Å². The second-order valence-electron chi connectivity index (χ2n) is 3.80. The molecule has 68 valence electrons. The predicted molar refractivity (Wildman–Crippen MR) is 42.7 cm³/mol. The number of hydrogen-bond donors (Lipinski definition) is 1. The van der Waals surface area contributed by atoms with Crippen LogP contribution in [-0.4, -0.2) is 29.2 Å². The van der Waals surface area contributed by atoms with Crippen LogP contribution in [0.1, 0.15) is 26.2 Å². The van der Waals surface area contributed by atoms with Crippen LogP contribution in [0.5, 0.6) is 0 Å². The molecule has 0 aromatic carbocycles. The third-order valence-corrected chi connectivity index (χ3v) is 2.94. The molecule has 2 fully saturated rings. The number of ether oxygens (including phenoxy) is 1. The van der Waals surface area contributed by atoms with Crippen LogP contribution in [0.4, 0.5) is 0 Å². The first-order chi connectivity index (χ1) is 5.68. The van der Waals surface area contributed by atoms with Crippen molar-refractivity contribution in [3.05, 3.63) is 0 Å². The Labute approximate surface area is 71.7 Å². The van der Waals surface area contributed by atoms with Gasteiger partial charge in [0.1, 0.15) is 5.78 Å². The topological polar surface area (TPSA) is 46.5 Å². The maximum absolute atomic E-state index is 11.3. The lowest BCUT2D eigenvalue weighted by atomic mass is 9.78. The van der Waals surface area contributed by atoms with Crippen molar-refractivity contribution in [2.75, 3.05) is 0 Å². The maximum atomic E-state index is 11.3. The Morgan fingerprint density at radius 2 is 2.33 bits per heavy atom. The molecule has 0 aromatic rings. The van der Waals surface area contributed by atoms with Gasteiger partial charge in [0.2, 0.25) is 0 Å². The summed E-state index contributed by atoms with van der Waals surface area (Å²) in [6, 6.07) is 0. The number of carbonyl (C=O) groups is 1. The van der Waals surface area contributed by atoms with E-state index in [4.69, 9.17) is 4.74 Å². The fraction of sp³-hybridized carbons (Fsp3) is 0.889. The summed E-state index contributed by atoms with van der Waals surface area (Å²) in [5.41, 5.74) is 0. The second-order valence-corrected chi connectivity index (χ2v) is 3.80. The Kier molecular flexibility index (Phi) is 1.93. The van der Waals surface area contributed by atoms with E-state index in [9.17, 15) is 9.90 Å². The smallest absolute Gasteiger partial charge is 0.138 e. The molecular formula is C9H14O3. The Hall–Kier alpha value is -0.410. The number of Topliss-reactive ketones (excluding diaryl/α,β-unsaturated/α-hetero) is 1. The lowest BCUT2D eigenvalue weighted by Crippen LogP contribution is -2.49. The zero-order chi connectivity index (χ0) is 8.72. The Balaban J connectivity index is 2.15. The zero-order valence-electron chi connectivity index (χ0n) is 7.19. The summed E-state index contributed by atoms with van der Waals surface area (Å²) < 4.78 is 5.52. The molecule has 1 saturated carbocycles.